The van der Waals surface area contributed by atoms with Crippen molar-refractivity contribution in [2.24, 2.45) is 0 Å². The van der Waals surface area contributed by atoms with Crippen LogP contribution in [-0.2, 0) is 4.79 Å². The first-order valence-corrected chi connectivity index (χ1v) is 7.54. The second-order valence-electron chi connectivity index (χ2n) is 5.17. The molecular weight excluding hydrogens is 343 g/mol. The summed E-state index contributed by atoms with van der Waals surface area (Å²) < 4.78 is 34.5. The normalized spacial score (nSPS) is 11.0. The van der Waals surface area contributed by atoms with E-state index in [-0.39, 0.29) is 11.3 Å². The van der Waals surface area contributed by atoms with Gasteiger partial charge in [0.2, 0.25) is 5.75 Å². The minimum Gasteiger partial charge on any atom is -0.494 e. The number of benzene rings is 2. The summed E-state index contributed by atoms with van der Waals surface area (Å²) in [5.41, 5.74) is 0.631. The van der Waals surface area contributed by atoms with Gasteiger partial charge in [-0.2, -0.15) is 0 Å². The standard InChI is InChI=1S/C19H19FO6/c1-23-15-6-5-11(8-14(15)20)7-13(19(21)22)12-9-16(24-2)18(26-4)17(10-12)25-3/h5-10H,1-4H3,(H,21,22)/b13-7+. The summed E-state index contributed by atoms with van der Waals surface area (Å²) in [5, 5.41) is 9.61. The van der Waals surface area contributed by atoms with Crippen LogP contribution in [0.2, 0.25) is 0 Å². The molecule has 0 aliphatic carbocycles. The van der Waals surface area contributed by atoms with E-state index in [0.29, 0.717) is 28.4 Å². The Morgan fingerprint density at radius 2 is 1.50 bits per heavy atom. The minimum absolute atomic E-state index is 0.0613. The molecule has 7 heteroatoms. The molecule has 138 valence electrons. The van der Waals surface area contributed by atoms with Gasteiger partial charge in [-0.25, -0.2) is 9.18 Å². The summed E-state index contributed by atoms with van der Waals surface area (Å²) >= 11 is 0. The third-order valence-corrected chi connectivity index (χ3v) is 3.69. The van der Waals surface area contributed by atoms with Gasteiger partial charge in [0.25, 0.3) is 0 Å². The molecule has 0 amide bonds. The summed E-state index contributed by atoms with van der Waals surface area (Å²) in [6.45, 7) is 0. The van der Waals surface area contributed by atoms with E-state index < -0.39 is 11.8 Å². The van der Waals surface area contributed by atoms with Gasteiger partial charge in [-0.1, -0.05) is 6.07 Å². The topological polar surface area (TPSA) is 74.2 Å². The maximum Gasteiger partial charge on any atom is 0.336 e. The van der Waals surface area contributed by atoms with Crippen molar-refractivity contribution in [3.8, 4) is 23.0 Å². The van der Waals surface area contributed by atoms with Crippen LogP contribution in [0.1, 0.15) is 11.1 Å². The van der Waals surface area contributed by atoms with Crippen molar-refractivity contribution in [1.29, 1.82) is 0 Å². The van der Waals surface area contributed by atoms with E-state index >= 15 is 0 Å². The van der Waals surface area contributed by atoms with E-state index in [1.807, 2.05) is 0 Å². The predicted molar refractivity (Wildman–Crippen MR) is 94.6 cm³/mol. The number of hydrogen-bond acceptors (Lipinski definition) is 5. The molecule has 2 aromatic rings. The highest BCUT2D eigenvalue weighted by Crippen LogP contribution is 2.40. The van der Waals surface area contributed by atoms with Gasteiger partial charge in [-0.05, 0) is 41.5 Å². The van der Waals surface area contributed by atoms with Crippen molar-refractivity contribution in [1.82, 2.24) is 0 Å². The quantitative estimate of drug-likeness (QED) is 0.600. The van der Waals surface area contributed by atoms with E-state index in [9.17, 15) is 14.3 Å². The monoisotopic (exact) mass is 362 g/mol. The molecule has 0 fully saturated rings. The first kappa shape index (κ1) is 19.1. The molecule has 2 rings (SSSR count). The molecule has 0 heterocycles. The van der Waals surface area contributed by atoms with Crippen LogP contribution in [0.25, 0.3) is 11.6 Å². The predicted octanol–water partition coefficient (Wildman–Crippen LogP) is 3.49. The maximum absolute atomic E-state index is 13.9. The van der Waals surface area contributed by atoms with Crippen LogP contribution in [0.5, 0.6) is 23.0 Å². The smallest absolute Gasteiger partial charge is 0.336 e. The molecule has 1 N–H and O–H groups in total. The highest BCUT2D eigenvalue weighted by atomic mass is 19.1. The summed E-state index contributed by atoms with van der Waals surface area (Å²) in [6.07, 6.45) is 1.35. The SMILES string of the molecule is COc1ccc(/C=C(/C(=O)O)c2cc(OC)c(OC)c(OC)c2)cc1F. The third-order valence-electron chi connectivity index (χ3n) is 3.69. The van der Waals surface area contributed by atoms with Crippen LogP contribution in [0, 0.1) is 5.82 Å². The van der Waals surface area contributed by atoms with Crippen LogP contribution >= 0.6 is 0 Å². The molecule has 0 aliphatic rings. The van der Waals surface area contributed by atoms with Gasteiger partial charge in [-0.15, -0.1) is 0 Å². The molecule has 6 nitrogen and oxygen atoms in total. The number of rotatable bonds is 7. The molecule has 0 saturated heterocycles. The average molecular weight is 362 g/mol. The van der Waals surface area contributed by atoms with E-state index in [2.05, 4.69) is 0 Å². The summed E-state index contributed by atoms with van der Waals surface area (Å²) in [4.78, 5) is 11.8. The first-order valence-electron chi connectivity index (χ1n) is 7.54. The Bertz CT molecular complexity index is 819. The van der Waals surface area contributed by atoms with Gasteiger partial charge >= 0.3 is 5.97 Å². The Hall–Kier alpha value is -3.22. The van der Waals surface area contributed by atoms with E-state index in [4.69, 9.17) is 18.9 Å². The largest absolute Gasteiger partial charge is 0.494 e. The van der Waals surface area contributed by atoms with E-state index in [1.165, 1.54) is 58.8 Å². The molecule has 0 saturated carbocycles. The van der Waals surface area contributed by atoms with Crippen LogP contribution in [0.15, 0.2) is 30.3 Å². The van der Waals surface area contributed by atoms with Gasteiger partial charge in [0.15, 0.2) is 23.1 Å². The van der Waals surface area contributed by atoms with Crippen LogP contribution in [-0.4, -0.2) is 39.5 Å². The lowest BCUT2D eigenvalue weighted by molar-refractivity contribution is -0.130. The zero-order valence-electron chi connectivity index (χ0n) is 14.8. The molecule has 26 heavy (non-hydrogen) atoms. The molecule has 0 bridgehead atoms. The average Bonchev–Trinajstić information content (AvgIpc) is 2.64. The minimum atomic E-state index is -1.18. The maximum atomic E-state index is 13.9. The number of hydrogen-bond donors (Lipinski definition) is 1. The Morgan fingerprint density at radius 1 is 0.923 bits per heavy atom. The van der Waals surface area contributed by atoms with Crippen LogP contribution in [0.4, 0.5) is 4.39 Å². The Labute approximate surface area is 150 Å². The fraction of sp³-hybridized carbons (Fsp3) is 0.211. The number of ether oxygens (including phenoxy) is 4. The Balaban J connectivity index is 2.60. The Kier molecular flexibility index (Phi) is 6.06. The first-order chi connectivity index (χ1) is 12.4. The lowest BCUT2D eigenvalue weighted by Crippen LogP contribution is -2.02. The van der Waals surface area contributed by atoms with Crippen molar-refractivity contribution in [2.75, 3.05) is 28.4 Å². The fourth-order valence-electron chi connectivity index (χ4n) is 2.44. The van der Waals surface area contributed by atoms with Gasteiger partial charge in [0, 0.05) is 0 Å². The number of carbonyl (C=O) groups is 1. The zero-order chi connectivity index (χ0) is 19.3. The second kappa shape index (κ2) is 8.24. The Morgan fingerprint density at radius 3 is 1.92 bits per heavy atom. The lowest BCUT2D eigenvalue weighted by Gasteiger charge is -2.14. The number of halogens is 1. The highest BCUT2D eigenvalue weighted by Gasteiger charge is 2.19. The third kappa shape index (κ3) is 3.88. The summed E-state index contributed by atoms with van der Waals surface area (Å²) in [5.74, 6) is -0.720. The molecular formula is C19H19FO6. The number of methoxy groups -OCH3 is 4. The highest BCUT2D eigenvalue weighted by molar-refractivity contribution is 6.20. The molecule has 0 atom stereocenters. The van der Waals surface area contributed by atoms with Gasteiger partial charge in [-0.3, -0.25) is 0 Å². The van der Waals surface area contributed by atoms with Gasteiger partial charge in [0.05, 0.1) is 34.0 Å². The van der Waals surface area contributed by atoms with Crippen molar-refractivity contribution in [3.05, 3.63) is 47.3 Å². The van der Waals surface area contributed by atoms with Crippen molar-refractivity contribution in [3.63, 3.8) is 0 Å². The van der Waals surface area contributed by atoms with Crippen molar-refractivity contribution >= 4 is 17.6 Å². The summed E-state index contributed by atoms with van der Waals surface area (Å²) in [7, 11) is 5.68. The van der Waals surface area contributed by atoms with E-state index in [1.54, 1.807) is 6.07 Å². The van der Waals surface area contributed by atoms with Gasteiger partial charge in [0.1, 0.15) is 0 Å². The number of carboxylic acids is 1. The number of carboxylic acid groups (broad SMARTS) is 1. The van der Waals surface area contributed by atoms with E-state index in [0.717, 1.165) is 0 Å². The lowest BCUT2D eigenvalue weighted by atomic mass is 10.0. The van der Waals surface area contributed by atoms with Crippen molar-refractivity contribution < 1.29 is 33.2 Å². The van der Waals surface area contributed by atoms with Crippen molar-refractivity contribution in [2.45, 2.75) is 0 Å². The molecule has 0 radical (unpaired) electrons. The zero-order valence-corrected chi connectivity index (χ0v) is 14.8. The van der Waals surface area contributed by atoms with Gasteiger partial charge < -0.3 is 24.1 Å². The van der Waals surface area contributed by atoms with Crippen LogP contribution < -0.4 is 18.9 Å². The molecule has 0 aliphatic heterocycles. The van der Waals surface area contributed by atoms with Crippen LogP contribution in [0.3, 0.4) is 0 Å². The second-order valence-corrected chi connectivity index (χ2v) is 5.17. The molecule has 0 aromatic heterocycles. The molecule has 0 unspecified atom stereocenters. The fourth-order valence-corrected chi connectivity index (χ4v) is 2.44. The summed E-state index contributed by atoms with van der Waals surface area (Å²) in [6, 6.07) is 7.21. The molecule has 2 aromatic carbocycles. The number of aliphatic carboxylic acids is 1. The molecule has 0 spiro atoms.